The summed E-state index contributed by atoms with van der Waals surface area (Å²) in [5.74, 6) is -1.85. The molecule has 0 unspecified atom stereocenters. The fourth-order valence-electron chi connectivity index (χ4n) is 1.35. The second kappa shape index (κ2) is 7.63. The molecule has 19 heavy (non-hydrogen) atoms. The van der Waals surface area contributed by atoms with E-state index in [1.807, 2.05) is 6.92 Å². The SMILES string of the molecule is CCCNCC(=O)Nc1ccc(OC(F)F)c(F)c1. The molecule has 0 radical (unpaired) electrons. The Hall–Kier alpha value is -1.76. The van der Waals surface area contributed by atoms with Gasteiger partial charge in [0.2, 0.25) is 5.91 Å². The quantitative estimate of drug-likeness (QED) is 0.752. The Morgan fingerprint density at radius 2 is 2.16 bits per heavy atom. The number of ether oxygens (including phenoxy) is 1. The van der Waals surface area contributed by atoms with Crippen molar-refractivity contribution in [2.75, 3.05) is 18.4 Å². The molecule has 1 aromatic rings. The summed E-state index contributed by atoms with van der Waals surface area (Å²) in [5.41, 5.74) is 0.183. The molecule has 0 bridgehead atoms. The molecule has 0 aliphatic rings. The fourth-order valence-corrected chi connectivity index (χ4v) is 1.35. The van der Waals surface area contributed by atoms with Gasteiger partial charge in [-0.3, -0.25) is 4.79 Å². The first-order chi connectivity index (χ1) is 9.02. The first kappa shape index (κ1) is 15.3. The van der Waals surface area contributed by atoms with Crippen molar-refractivity contribution in [3.05, 3.63) is 24.0 Å². The lowest BCUT2D eigenvalue weighted by Crippen LogP contribution is -2.28. The van der Waals surface area contributed by atoms with Gasteiger partial charge < -0.3 is 15.4 Å². The van der Waals surface area contributed by atoms with Crippen LogP contribution in [-0.4, -0.2) is 25.6 Å². The lowest BCUT2D eigenvalue weighted by molar-refractivity contribution is -0.115. The molecule has 0 fully saturated rings. The third-order valence-corrected chi connectivity index (χ3v) is 2.14. The van der Waals surface area contributed by atoms with Crippen molar-refractivity contribution in [3.8, 4) is 5.75 Å². The predicted octanol–water partition coefficient (Wildman–Crippen LogP) is 2.37. The van der Waals surface area contributed by atoms with E-state index in [1.165, 1.54) is 6.07 Å². The van der Waals surface area contributed by atoms with Gasteiger partial charge in [-0.2, -0.15) is 8.78 Å². The molecule has 0 saturated carbocycles. The van der Waals surface area contributed by atoms with Crippen LogP contribution in [0.25, 0.3) is 0 Å². The molecule has 1 aromatic carbocycles. The highest BCUT2D eigenvalue weighted by Gasteiger charge is 2.11. The van der Waals surface area contributed by atoms with Crippen LogP contribution < -0.4 is 15.4 Å². The first-order valence-electron chi connectivity index (χ1n) is 5.78. The molecule has 0 atom stereocenters. The summed E-state index contributed by atoms with van der Waals surface area (Å²) in [4.78, 5) is 11.4. The minimum Gasteiger partial charge on any atom is -0.432 e. The van der Waals surface area contributed by atoms with E-state index in [4.69, 9.17) is 0 Å². The molecule has 0 spiro atoms. The zero-order chi connectivity index (χ0) is 14.3. The molecular weight excluding hydrogens is 261 g/mol. The monoisotopic (exact) mass is 276 g/mol. The van der Waals surface area contributed by atoms with Gasteiger partial charge in [-0.15, -0.1) is 0 Å². The topological polar surface area (TPSA) is 50.4 Å². The molecule has 0 saturated heterocycles. The fraction of sp³-hybridized carbons (Fsp3) is 0.417. The number of carbonyl (C=O) groups is 1. The number of anilines is 1. The average molecular weight is 276 g/mol. The standard InChI is InChI=1S/C12H15F3N2O2/c1-2-5-16-7-11(18)17-8-3-4-10(9(13)6-8)19-12(14)15/h3-4,6,12,16H,2,5,7H2,1H3,(H,17,18). The van der Waals surface area contributed by atoms with Crippen LogP contribution >= 0.6 is 0 Å². The van der Waals surface area contributed by atoms with Crippen molar-refractivity contribution in [1.82, 2.24) is 5.32 Å². The molecule has 0 aromatic heterocycles. The van der Waals surface area contributed by atoms with Gasteiger partial charge in [-0.25, -0.2) is 4.39 Å². The zero-order valence-electron chi connectivity index (χ0n) is 10.4. The van der Waals surface area contributed by atoms with Gasteiger partial charge in [0.25, 0.3) is 0 Å². The Morgan fingerprint density at radius 3 is 2.74 bits per heavy atom. The largest absolute Gasteiger partial charge is 0.432 e. The van der Waals surface area contributed by atoms with Gasteiger partial charge in [-0.05, 0) is 25.1 Å². The van der Waals surface area contributed by atoms with Gasteiger partial charge in [0.1, 0.15) is 0 Å². The highest BCUT2D eigenvalue weighted by molar-refractivity contribution is 5.92. The highest BCUT2D eigenvalue weighted by Crippen LogP contribution is 2.22. The van der Waals surface area contributed by atoms with Gasteiger partial charge in [0, 0.05) is 11.8 Å². The summed E-state index contributed by atoms with van der Waals surface area (Å²) in [5, 5.41) is 5.32. The summed E-state index contributed by atoms with van der Waals surface area (Å²) in [6.07, 6.45) is 0.890. The van der Waals surface area contributed by atoms with Crippen LogP contribution in [0.4, 0.5) is 18.9 Å². The summed E-state index contributed by atoms with van der Waals surface area (Å²) in [6, 6.07) is 3.25. The number of alkyl halides is 2. The van der Waals surface area contributed by atoms with Crippen molar-refractivity contribution in [3.63, 3.8) is 0 Å². The minimum atomic E-state index is -3.09. The number of carbonyl (C=O) groups excluding carboxylic acids is 1. The normalized spacial score (nSPS) is 10.6. The second-order valence-corrected chi connectivity index (χ2v) is 3.75. The molecule has 7 heteroatoms. The second-order valence-electron chi connectivity index (χ2n) is 3.75. The summed E-state index contributed by atoms with van der Waals surface area (Å²) >= 11 is 0. The molecule has 1 rings (SSSR count). The lowest BCUT2D eigenvalue weighted by atomic mass is 10.3. The average Bonchev–Trinajstić information content (AvgIpc) is 2.32. The number of nitrogens with one attached hydrogen (secondary N) is 2. The van der Waals surface area contributed by atoms with Crippen LogP contribution in [0.1, 0.15) is 13.3 Å². The molecular formula is C12H15F3N2O2. The molecule has 0 aliphatic heterocycles. The van der Waals surface area contributed by atoms with Crippen LogP contribution in [0.2, 0.25) is 0 Å². The van der Waals surface area contributed by atoms with E-state index in [2.05, 4.69) is 15.4 Å². The number of hydrogen-bond donors (Lipinski definition) is 2. The van der Waals surface area contributed by atoms with Gasteiger partial charge >= 0.3 is 6.61 Å². The highest BCUT2D eigenvalue weighted by atomic mass is 19.3. The number of benzene rings is 1. The number of rotatable bonds is 7. The summed E-state index contributed by atoms with van der Waals surface area (Å²) in [7, 11) is 0. The van der Waals surface area contributed by atoms with E-state index < -0.39 is 18.2 Å². The van der Waals surface area contributed by atoms with Crippen molar-refractivity contribution >= 4 is 11.6 Å². The Labute approximate surface area is 108 Å². The van der Waals surface area contributed by atoms with Crippen molar-refractivity contribution in [2.24, 2.45) is 0 Å². The summed E-state index contributed by atoms with van der Waals surface area (Å²) in [6.45, 7) is -0.330. The Morgan fingerprint density at radius 1 is 1.42 bits per heavy atom. The lowest BCUT2D eigenvalue weighted by Gasteiger charge is -2.09. The van der Waals surface area contributed by atoms with Crippen molar-refractivity contribution in [2.45, 2.75) is 20.0 Å². The predicted molar refractivity (Wildman–Crippen MR) is 64.8 cm³/mol. The third kappa shape index (κ3) is 5.60. The van der Waals surface area contributed by atoms with E-state index in [9.17, 15) is 18.0 Å². The van der Waals surface area contributed by atoms with Gasteiger partial charge in [-0.1, -0.05) is 6.92 Å². The van der Waals surface area contributed by atoms with Crippen LogP contribution in [0, 0.1) is 5.82 Å². The summed E-state index contributed by atoms with van der Waals surface area (Å²) < 4.78 is 41.1. The van der Waals surface area contributed by atoms with Gasteiger partial charge in [0.15, 0.2) is 11.6 Å². The molecule has 4 nitrogen and oxygen atoms in total. The maximum atomic E-state index is 13.3. The van der Waals surface area contributed by atoms with Crippen molar-refractivity contribution < 1.29 is 22.7 Å². The molecule has 0 aliphatic carbocycles. The van der Waals surface area contributed by atoms with Crippen LogP contribution in [0.5, 0.6) is 5.75 Å². The molecule has 1 amide bonds. The Bertz CT molecular complexity index is 427. The van der Waals surface area contributed by atoms with E-state index >= 15 is 0 Å². The van der Waals surface area contributed by atoms with Gasteiger partial charge in [0.05, 0.1) is 6.54 Å². The third-order valence-electron chi connectivity index (χ3n) is 2.14. The number of hydrogen-bond acceptors (Lipinski definition) is 3. The Kier molecular flexibility index (Phi) is 6.14. The maximum absolute atomic E-state index is 13.3. The minimum absolute atomic E-state index is 0.102. The van der Waals surface area contributed by atoms with Crippen LogP contribution in [-0.2, 0) is 4.79 Å². The maximum Gasteiger partial charge on any atom is 0.387 e. The van der Waals surface area contributed by atoms with E-state index in [1.54, 1.807) is 0 Å². The van der Waals surface area contributed by atoms with Crippen LogP contribution in [0.3, 0.4) is 0 Å². The molecule has 0 heterocycles. The van der Waals surface area contributed by atoms with Crippen LogP contribution in [0.15, 0.2) is 18.2 Å². The zero-order valence-corrected chi connectivity index (χ0v) is 10.4. The van der Waals surface area contributed by atoms with E-state index in [-0.39, 0.29) is 18.1 Å². The van der Waals surface area contributed by atoms with E-state index in [0.29, 0.717) is 6.54 Å². The smallest absolute Gasteiger partial charge is 0.387 e. The van der Waals surface area contributed by atoms with Crippen molar-refractivity contribution in [1.29, 1.82) is 0 Å². The molecule has 106 valence electrons. The Balaban J connectivity index is 2.55. The molecule has 2 N–H and O–H groups in total. The van der Waals surface area contributed by atoms with E-state index in [0.717, 1.165) is 18.6 Å². The number of amides is 1. The number of halogens is 3. The first-order valence-corrected chi connectivity index (χ1v) is 5.78.